The first-order chi connectivity index (χ1) is 13.0. The van der Waals surface area contributed by atoms with Gasteiger partial charge in [0.05, 0.1) is 12.3 Å². The van der Waals surface area contributed by atoms with E-state index in [0.29, 0.717) is 35.1 Å². The van der Waals surface area contributed by atoms with Gasteiger partial charge in [-0.15, -0.1) is 0 Å². The van der Waals surface area contributed by atoms with E-state index in [1.165, 1.54) is 6.07 Å². The molecule has 2 aromatic carbocycles. The van der Waals surface area contributed by atoms with Gasteiger partial charge in [-0.25, -0.2) is 4.39 Å². The van der Waals surface area contributed by atoms with Crippen LogP contribution in [0.3, 0.4) is 0 Å². The molecular weight excluding hydrogens is 369 g/mol. The van der Waals surface area contributed by atoms with Crippen LogP contribution in [-0.2, 0) is 20.0 Å². The van der Waals surface area contributed by atoms with Crippen LogP contribution in [0.25, 0.3) is 11.3 Å². The molecule has 7 heteroatoms. The zero-order valence-corrected chi connectivity index (χ0v) is 15.4. The number of aromatic nitrogens is 2. The molecule has 2 heterocycles. The lowest BCUT2D eigenvalue weighted by molar-refractivity contribution is 0.0944. The third kappa shape index (κ3) is 3.28. The fraction of sp³-hybridized carbons (Fsp3) is 0.200. The lowest BCUT2D eigenvalue weighted by Crippen LogP contribution is -2.25. The fourth-order valence-electron chi connectivity index (χ4n) is 3.30. The third-order valence-electron chi connectivity index (χ3n) is 4.56. The number of halogens is 2. The summed E-state index contributed by atoms with van der Waals surface area (Å²) in [6.45, 7) is 0.524. The van der Waals surface area contributed by atoms with Crippen molar-refractivity contribution in [2.45, 2.75) is 13.0 Å². The van der Waals surface area contributed by atoms with Crippen molar-refractivity contribution in [2.24, 2.45) is 7.05 Å². The van der Waals surface area contributed by atoms with Crippen LogP contribution in [0.2, 0.25) is 5.02 Å². The first-order valence-corrected chi connectivity index (χ1v) is 8.92. The molecule has 0 spiro atoms. The molecule has 0 aliphatic carbocycles. The van der Waals surface area contributed by atoms with Crippen molar-refractivity contribution in [2.75, 3.05) is 6.61 Å². The number of carbonyl (C=O) groups excluding carboxylic acids is 1. The van der Waals surface area contributed by atoms with Gasteiger partial charge >= 0.3 is 0 Å². The van der Waals surface area contributed by atoms with Crippen LogP contribution in [0.5, 0.6) is 5.75 Å². The van der Waals surface area contributed by atoms with E-state index in [-0.39, 0.29) is 18.3 Å². The van der Waals surface area contributed by atoms with Crippen molar-refractivity contribution in [3.63, 3.8) is 0 Å². The SMILES string of the molecule is Cn1nc(C(=O)NCc2ccccc2F)c2c1-c1cc(Cl)ccc1OCC2. The molecule has 1 aliphatic rings. The summed E-state index contributed by atoms with van der Waals surface area (Å²) < 4.78 is 21.2. The predicted molar refractivity (Wildman–Crippen MR) is 100 cm³/mol. The Morgan fingerprint density at radius 1 is 1.33 bits per heavy atom. The molecule has 1 aromatic heterocycles. The standard InChI is InChI=1S/C20H17ClFN3O2/c1-25-19-14(8-9-27-17-7-6-13(21)10-15(17)19)18(24-25)20(26)23-11-12-4-2-3-5-16(12)22/h2-7,10H,8-9,11H2,1H3,(H,23,26). The number of hydrogen-bond donors (Lipinski definition) is 1. The number of rotatable bonds is 3. The highest BCUT2D eigenvalue weighted by Crippen LogP contribution is 2.38. The van der Waals surface area contributed by atoms with Crippen LogP contribution >= 0.6 is 11.6 Å². The number of nitrogens with one attached hydrogen (secondary N) is 1. The molecule has 5 nitrogen and oxygen atoms in total. The van der Waals surface area contributed by atoms with Crippen LogP contribution < -0.4 is 10.1 Å². The number of nitrogens with zero attached hydrogens (tertiary/aromatic N) is 2. The molecule has 1 N–H and O–H groups in total. The molecule has 1 amide bonds. The monoisotopic (exact) mass is 385 g/mol. The molecule has 0 atom stereocenters. The predicted octanol–water partition coefficient (Wildman–Crippen LogP) is 3.74. The Kier molecular flexibility index (Phi) is 4.58. The van der Waals surface area contributed by atoms with Crippen molar-refractivity contribution in [1.82, 2.24) is 15.1 Å². The molecule has 1 aliphatic heterocycles. The van der Waals surface area contributed by atoms with E-state index in [1.54, 1.807) is 36.0 Å². The minimum Gasteiger partial charge on any atom is -0.493 e. The van der Waals surface area contributed by atoms with Crippen LogP contribution in [0, 0.1) is 5.82 Å². The van der Waals surface area contributed by atoms with Gasteiger partial charge in [-0.05, 0) is 24.3 Å². The van der Waals surface area contributed by atoms with Gasteiger partial charge in [-0.1, -0.05) is 29.8 Å². The van der Waals surface area contributed by atoms with Gasteiger partial charge in [-0.3, -0.25) is 9.48 Å². The summed E-state index contributed by atoms with van der Waals surface area (Å²) in [6.07, 6.45) is 0.540. The molecular formula is C20H17ClFN3O2. The molecule has 0 radical (unpaired) electrons. The smallest absolute Gasteiger partial charge is 0.272 e. The van der Waals surface area contributed by atoms with Gasteiger partial charge in [0.1, 0.15) is 11.6 Å². The van der Waals surface area contributed by atoms with E-state index in [1.807, 2.05) is 12.1 Å². The number of ether oxygens (including phenoxy) is 1. The van der Waals surface area contributed by atoms with Crippen molar-refractivity contribution >= 4 is 17.5 Å². The lowest BCUT2D eigenvalue weighted by Gasteiger charge is -2.08. The minimum absolute atomic E-state index is 0.0930. The minimum atomic E-state index is -0.352. The zero-order valence-electron chi connectivity index (χ0n) is 14.6. The molecule has 0 fully saturated rings. The molecule has 0 saturated heterocycles. The summed E-state index contributed by atoms with van der Waals surface area (Å²) in [4.78, 5) is 12.7. The first kappa shape index (κ1) is 17.5. The van der Waals surface area contributed by atoms with E-state index in [4.69, 9.17) is 16.3 Å². The van der Waals surface area contributed by atoms with Crippen molar-refractivity contribution in [1.29, 1.82) is 0 Å². The van der Waals surface area contributed by atoms with E-state index >= 15 is 0 Å². The third-order valence-corrected chi connectivity index (χ3v) is 4.80. The largest absolute Gasteiger partial charge is 0.493 e. The van der Waals surface area contributed by atoms with Gasteiger partial charge in [-0.2, -0.15) is 5.10 Å². The molecule has 4 rings (SSSR count). The Morgan fingerprint density at radius 3 is 2.96 bits per heavy atom. The maximum Gasteiger partial charge on any atom is 0.272 e. The molecule has 3 aromatic rings. The van der Waals surface area contributed by atoms with Gasteiger partial charge in [0.25, 0.3) is 5.91 Å². The number of amides is 1. The molecule has 138 valence electrons. The van der Waals surface area contributed by atoms with Crippen LogP contribution in [0.15, 0.2) is 42.5 Å². The average Bonchev–Trinajstić information content (AvgIpc) is 2.86. The maximum atomic E-state index is 13.8. The molecule has 0 unspecified atom stereocenters. The number of fused-ring (bicyclic) bond motifs is 3. The summed E-state index contributed by atoms with van der Waals surface area (Å²) in [5, 5.41) is 7.74. The summed E-state index contributed by atoms with van der Waals surface area (Å²) in [6, 6.07) is 11.7. The second-order valence-electron chi connectivity index (χ2n) is 6.31. The quantitative estimate of drug-likeness (QED) is 0.747. The second-order valence-corrected chi connectivity index (χ2v) is 6.75. The highest BCUT2D eigenvalue weighted by atomic mass is 35.5. The van der Waals surface area contributed by atoms with Crippen molar-refractivity contribution < 1.29 is 13.9 Å². The number of benzene rings is 2. The van der Waals surface area contributed by atoms with Crippen LogP contribution in [0.4, 0.5) is 4.39 Å². The number of carbonyl (C=O) groups is 1. The van der Waals surface area contributed by atoms with Crippen LogP contribution in [-0.4, -0.2) is 22.3 Å². The summed E-state index contributed by atoms with van der Waals surface area (Å²) in [5.74, 6) is 0.00895. The summed E-state index contributed by atoms with van der Waals surface area (Å²) >= 11 is 6.15. The highest BCUT2D eigenvalue weighted by Gasteiger charge is 2.26. The Bertz CT molecular complexity index is 1030. The lowest BCUT2D eigenvalue weighted by atomic mass is 10.0. The highest BCUT2D eigenvalue weighted by molar-refractivity contribution is 6.31. The Balaban J connectivity index is 1.67. The van der Waals surface area contributed by atoms with Gasteiger partial charge in [0.2, 0.25) is 0 Å². The normalized spacial score (nSPS) is 12.6. The Labute approximate surface area is 160 Å². The first-order valence-electron chi connectivity index (χ1n) is 8.55. The van der Waals surface area contributed by atoms with E-state index in [0.717, 1.165) is 16.8 Å². The van der Waals surface area contributed by atoms with Crippen LogP contribution in [0.1, 0.15) is 21.6 Å². The van der Waals surface area contributed by atoms with Gasteiger partial charge in [0.15, 0.2) is 5.69 Å². The van der Waals surface area contributed by atoms with E-state index in [9.17, 15) is 9.18 Å². The van der Waals surface area contributed by atoms with E-state index < -0.39 is 0 Å². The molecule has 0 bridgehead atoms. The molecule has 27 heavy (non-hydrogen) atoms. The van der Waals surface area contributed by atoms with Gasteiger partial charge < -0.3 is 10.1 Å². The van der Waals surface area contributed by atoms with Crippen molar-refractivity contribution in [3.8, 4) is 17.0 Å². The number of aryl methyl sites for hydroxylation is 1. The fourth-order valence-corrected chi connectivity index (χ4v) is 3.47. The van der Waals surface area contributed by atoms with Crippen molar-refractivity contribution in [3.05, 3.63) is 70.1 Å². The van der Waals surface area contributed by atoms with Gasteiger partial charge in [0, 0.05) is 41.7 Å². The zero-order chi connectivity index (χ0) is 19.0. The van der Waals surface area contributed by atoms with E-state index in [2.05, 4.69) is 10.4 Å². The topological polar surface area (TPSA) is 56.2 Å². The number of hydrogen-bond acceptors (Lipinski definition) is 3. The maximum absolute atomic E-state index is 13.8. The Morgan fingerprint density at radius 2 is 2.15 bits per heavy atom. The average molecular weight is 386 g/mol. The Hall–Kier alpha value is -2.86. The summed E-state index contributed by atoms with van der Waals surface area (Å²) in [7, 11) is 1.78. The second kappa shape index (κ2) is 7.04. The molecule has 0 saturated carbocycles. The summed E-state index contributed by atoms with van der Waals surface area (Å²) in [5.41, 5.74) is 3.15.